The van der Waals surface area contributed by atoms with Gasteiger partial charge in [0.2, 0.25) is 0 Å². The maximum absolute atomic E-state index is 13.1. The zero-order chi connectivity index (χ0) is 24.7. The summed E-state index contributed by atoms with van der Waals surface area (Å²) in [5.74, 6) is 0.0583. The van der Waals surface area contributed by atoms with Crippen LogP contribution in [-0.4, -0.2) is 84.5 Å². The number of morpholine rings is 1. The molecule has 0 amide bonds. The lowest BCUT2D eigenvalue weighted by Crippen LogP contribution is -2.49. The summed E-state index contributed by atoms with van der Waals surface area (Å²) in [6.07, 6.45) is 0.365. The molecule has 2 heterocycles. The fourth-order valence-electron chi connectivity index (χ4n) is 3.68. The average Bonchev–Trinajstić information content (AvgIpc) is 2.79. The number of hydrogen-bond donors (Lipinski definition) is 3. The van der Waals surface area contributed by atoms with Crippen molar-refractivity contribution in [2.24, 2.45) is 4.99 Å². The van der Waals surface area contributed by atoms with E-state index in [9.17, 15) is 14.7 Å². The molecule has 1 saturated heterocycles. The van der Waals surface area contributed by atoms with E-state index >= 15 is 0 Å². The van der Waals surface area contributed by atoms with Crippen molar-refractivity contribution in [3.63, 3.8) is 0 Å². The number of aliphatic imine (C=N–C) groups is 1. The molecule has 2 unspecified atom stereocenters. The van der Waals surface area contributed by atoms with E-state index in [4.69, 9.17) is 43.1 Å². The number of aliphatic carboxylic acids is 1. The summed E-state index contributed by atoms with van der Waals surface area (Å²) in [4.78, 5) is 31.2. The molecule has 1 fully saturated rings. The van der Waals surface area contributed by atoms with Crippen molar-refractivity contribution >= 4 is 59.0 Å². The van der Waals surface area contributed by atoms with Gasteiger partial charge in [-0.3, -0.25) is 9.89 Å². The molecule has 0 aromatic heterocycles. The van der Waals surface area contributed by atoms with Crippen LogP contribution in [0.4, 0.5) is 0 Å². The minimum absolute atomic E-state index is 0.179. The van der Waals surface area contributed by atoms with Crippen molar-refractivity contribution in [3.05, 3.63) is 45.1 Å². The first-order valence-corrected chi connectivity index (χ1v) is 12.6. The minimum atomic E-state index is -1.03. The smallest absolute Gasteiger partial charge is 0.338 e. The highest BCUT2D eigenvalue weighted by atomic mass is 35.5. The highest BCUT2D eigenvalue weighted by Crippen LogP contribution is 2.37. The highest BCUT2D eigenvalue weighted by Gasteiger charge is 2.35. The van der Waals surface area contributed by atoms with E-state index in [1.807, 2.05) is 4.90 Å². The fourth-order valence-corrected chi connectivity index (χ4v) is 4.77. The van der Waals surface area contributed by atoms with Crippen LogP contribution in [0.1, 0.15) is 18.5 Å². The molecule has 0 radical (unpaired) electrons. The molecule has 2 atom stereocenters. The van der Waals surface area contributed by atoms with Crippen LogP contribution in [0.2, 0.25) is 10.0 Å². The van der Waals surface area contributed by atoms with Crippen LogP contribution >= 0.6 is 35.0 Å². The van der Waals surface area contributed by atoms with Crippen molar-refractivity contribution in [1.82, 2.24) is 10.2 Å². The maximum atomic E-state index is 13.1. The second-order valence-corrected chi connectivity index (χ2v) is 9.41. The Bertz CT molecular complexity index is 1000. The molecule has 2 aliphatic heterocycles. The van der Waals surface area contributed by atoms with Crippen LogP contribution in [-0.2, 0) is 19.1 Å². The number of nitrogens with one attached hydrogen (secondary N) is 2. The minimum Gasteiger partial charge on any atom is -0.479 e. The number of carbonyl (C=O) groups is 2. The molecule has 0 bridgehead atoms. The number of carboxylic acid groups (broad SMARTS) is 1. The van der Waals surface area contributed by atoms with Gasteiger partial charge in [-0.15, -0.1) is 11.8 Å². The fraction of sp³-hybridized carbons (Fsp3) is 0.455. The normalized spacial score (nSPS) is 21.0. The van der Waals surface area contributed by atoms with Crippen LogP contribution in [0, 0.1) is 5.41 Å². The third-order valence-corrected chi connectivity index (χ3v) is 6.62. The van der Waals surface area contributed by atoms with E-state index in [0.29, 0.717) is 50.8 Å². The zero-order valence-electron chi connectivity index (χ0n) is 18.6. The van der Waals surface area contributed by atoms with Crippen LogP contribution < -0.4 is 5.32 Å². The Balaban J connectivity index is 2.02. The molecule has 1 aromatic carbocycles. The number of nitrogens with zero attached hydrogens (tertiary/aromatic N) is 2. The summed E-state index contributed by atoms with van der Waals surface area (Å²) >= 11 is 14.1. The molecule has 0 spiro atoms. The number of halogens is 2. The Kier molecular flexibility index (Phi) is 9.78. The van der Waals surface area contributed by atoms with Gasteiger partial charge in [-0.05, 0) is 19.1 Å². The number of rotatable bonds is 10. The number of benzene rings is 1. The van der Waals surface area contributed by atoms with Crippen molar-refractivity contribution in [1.29, 1.82) is 5.41 Å². The molecule has 0 saturated carbocycles. The predicted octanol–water partition coefficient (Wildman–Crippen LogP) is 3.02. The molecule has 3 N–H and O–H groups in total. The lowest BCUT2D eigenvalue weighted by Gasteiger charge is -2.34. The average molecular weight is 529 g/mol. The molecule has 1 aromatic rings. The largest absolute Gasteiger partial charge is 0.479 e. The Labute approximate surface area is 212 Å². The third-order valence-electron chi connectivity index (χ3n) is 5.18. The van der Waals surface area contributed by atoms with Crippen molar-refractivity contribution in [2.45, 2.75) is 19.1 Å². The summed E-state index contributed by atoms with van der Waals surface area (Å²) in [6.45, 7) is 3.13. The molecule has 9 nitrogen and oxygen atoms in total. The molecular formula is C22H26Cl2N4O5S. The summed E-state index contributed by atoms with van der Waals surface area (Å²) in [5.41, 5.74) is 1.49. The number of carbonyl (C=O) groups excluding carboxylic acids is 1. The topological polar surface area (TPSA) is 124 Å². The molecule has 3 rings (SSSR count). The van der Waals surface area contributed by atoms with Gasteiger partial charge in [-0.1, -0.05) is 29.3 Å². The molecule has 2 aliphatic rings. The van der Waals surface area contributed by atoms with E-state index in [1.165, 1.54) is 18.0 Å². The summed E-state index contributed by atoms with van der Waals surface area (Å²) in [7, 11) is 0. The first kappa shape index (κ1) is 26.5. The van der Waals surface area contributed by atoms with E-state index in [-0.39, 0.29) is 26.3 Å². The molecule has 12 heteroatoms. The number of thioether (sulfide) groups is 1. The molecular weight excluding hydrogens is 503 g/mol. The van der Waals surface area contributed by atoms with E-state index in [0.717, 1.165) is 0 Å². The quantitative estimate of drug-likeness (QED) is 0.240. The monoisotopic (exact) mass is 528 g/mol. The molecule has 184 valence electrons. The SMILES string of the molecule is CCOC(=O)C1=C(CN2CCOC(C(=O)O)C2)NC(CSCC=N)=NC1c1ccc(Cl)cc1Cl. The zero-order valence-corrected chi connectivity index (χ0v) is 20.9. The summed E-state index contributed by atoms with van der Waals surface area (Å²) in [5, 5.41) is 20.7. The lowest BCUT2D eigenvalue weighted by molar-refractivity contribution is -0.155. The summed E-state index contributed by atoms with van der Waals surface area (Å²) < 4.78 is 10.7. The summed E-state index contributed by atoms with van der Waals surface area (Å²) in [6, 6.07) is 4.29. The predicted molar refractivity (Wildman–Crippen MR) is 133 cm³/mol. The van der Waals surface area contributed by atoms with Gasteiger partial charge < -0.3 is 25.3 Å². The van der Waals surface area contributed by atoms with Crippen molar-refractivity contribution in [3.8, 4) is 0 Å². The number of ether oxygens (including phenoxy) is 2. The number of carboxylic acids is 1. The van der Waals surface area contributed by atoms with E-state index in [1.54, 1.807) is 25.1 Å². The first-order chi connectivity index (χ1) is 16.3. The number of esters is 1. The van der Waals surface area contributed by atoms with Gasteiger partial charge in [-0.25, -0.2) is 9.59 Å². The van der Waals surface area contributed by atoms with E-state index in [2.05, 4.69) is 5.32 Å². The van der Waals surface area contributed by atoms with Crippen LogP contribution in [0.5, 0.6) is 0 Å². The Morgan fingerprint density at radius 1 is 1.44 bits per heavy atom. The van der Waals surface area contributed by atoms with Gasteiger partial charge >= 0.3 is 11.9 Å². The van der Waals surface area contributed by atoms with Gasteiger partial charge in [0.1, 0.15) is 11.9 Å². The van der Waals surface area contributed by atoms with Gasteiger partial charge in [0.05, 0.1) is 24.5 Å². The second-order valence-electron chi connectivity index (χ2n) is 7.53. The van der Waals surface area contributed by atoms with Crippen LogP contribution in [0.3, 0.4) is 0 Å². The third kappa shape index (κ3) is 6.73. The highest BCUT2D eigenvalue weighted by molar-refractivity contribution is 8.00. The number of hydrogen-bond acceptors (Lipinski definition) is 9. The standard InChI is InChI=1S/C22H26Cl2N4O5S/c1-2-32-22(31)19-16(10-28-6-7-33-17(11-28)21(29)30)26-18(12-34-8-5-25)27-20(19)14-4-3-13(23)9-15(14)24/h3-5,9,17,20,25H,2,6-8,10-12H2,1H3,(H,26,27)(H,29,30). The number of amidine groups is 1. The van der Waals surface area contributed by atoms with Crippen LogP contribution in [0.25, 0.3) is 0 Å². The van der Waals surface area contributed by atoms with Crippen LogP contribution in [0.15, 0.2) is 34.5 Å². The Morgan fingerprint density at radius 3 is 2.91 bits per heavy atom. The Hall–Kier alpha value is -2.11. The van der Waals surface area contributed by atoms with Gasteiger partial charge in [0, 0.05) is 52.9 Å². The van der Waals surface area contributed by atoms with E-state index < -0.39 is 24.1 Å². The van der Waals surface area contributed by atoms with Crippen molar-refractivity contribution < 1.29 is 24.2 Å². The first-order valence-electron chi connectivity index (χ1n) is 10.7. The van der Waals surface area contributed by atoms with Gasteiger partial charge in [-0.2, -0.15) is 0 Å². The van der Waals surface area contributed by atoms with Gasteiger partial charge in [0.25, 0.3) is 0 Å². The maximum Gasteiger partial charge on any atom is 0.338 e. The Morgan fingerprint density at radius 2 is 2.24 bits per heavy atom. The molecule has 0 aliphatic carbocycles. The second kappa shape index (κ2) is 12.6. The van der Waals surface area contributed by atoms with Crippen molar-refractivity contribution in [2.75, 3.05) is 44.4 Å². The molecule has 34 heavy (non-hydrogen) atoms. The lowest BCUT2D eigenvalue weighted by atomic mass is 9.95. The van der Waals surface area contributed by atoms with Gasteiger partial charge in [0.15, 0.2) is 6.10 Å².